The fourth-order valence-electron chi connectivity index (χ4n) is 10.7. The predicted octanol–water partition coefficient (Wildman–Crippen LogP) is 2.63. The first kappa shape index (κ1) is 46.9. The molecule has 354 valence electrons. The summed E-state index contributed by atoms with van der Waals surface area (Å²) in [6, 6.07) is 20.1. The van der Waals surface area contributed by atoms with Crippen LogP contribution in [0.25, 0.3) is 11.0 Å². The molecule has 67 heavy (non-hydrogen) atoms. The van der Waals surface area contributed by atoms with E-state index in [0.717, 1.165) is 54.3 Å². The number of hydrogen-bond donors (Lipinski definition) is 5. The molecule has 0 spiro atoms. The molecule has 1 aromatic heterocycles. The fraction of sp³-hybridized carbons (Fsp3) is 0.480. The third-order valence-electron chi connectivity index (χ3n) is 14.4. The molecule has 4 aromatic rings. The van der Waals surface area contributed by atoms with Gasteiger partial charge >= 0.3 is 5.69 Å². The molecule has 3 saturated heterocycles. The minimum atomic E-state index is -1.11. The Hall–Kier alpha value is -6.62. The summed E-state index contributed by atoms with van der Waals surface area (Å²) in [4.78, 5) is 109. The van der Waals surface area contributed by atoms with Gasteiger partial charge in [-0.05, 0) is 105 Å². The molecular weight excluding hydrogens is 855 g/mol. The highest BCUT2D eigenvalue weighted by Gasteiger charge is 2.45. The Labute approximate surface area is 389 Å². The number of fused-ring (bicyclic) bond motifs is 2. The molecule has 17 nitrogen and oxygen atoms in total. The van der Waals surface area contributed by atoms with Crippen molar-refractivity contribution >= 4 is 52.4 Å². The van der Waals surface area contributed by atoms with Crippen molar-refractivity contribution in [3.05, 3.63) is 106 Å². The number of primary amides is 1. The molecule has 5 atom stereocenters. The van der Waals surface area contributed by atoms with Gasteiger partial charge in [0.05, 0.1) is 17.1 Å². The Kier molecular flexibility index (Phi) is 14.3. The van der Waals surface area contributed by atoms with Crippen LogP contribution in [0.15, 0.2) is 83.7 Å². The SMILES string of the molecule is Cn1c(=O)n([C@@H]2CCC(=O)NC2=O)c2ccc(CC3CCC(CC(=O)N4CC[C@H]5CC[C@@H](C(=O)N[C@@H](CCC(N)=O)C(=O)NC(c6ccccc6)c6ccccc6)N5C(=O)[C@@H](N)C4)CC3)cc21. The third-order valence-corrected chi connectivity index (χ3v) is 14.4. The lowest BCUT2D eigenvalue weighted by Gasteiger charge is -2.38. The van der Waals surface area contributed by atoms with Crippen LogP contribution in [-0.4, -0.2) is 97.5 Å². The number of rotatable bonds is 14. The van der Waals surface area contributed by atoms with Crippen LogP contribution in [0.4, 0.5) is 0 Å². The van der Waals surface area contributed by atoms with Crippen molar-refractivity contribution in [2.24, 2.45) is 30.4 Å². The van der Waals surface area contributed by atoms with Crippen molar-refractivity contribution in [3.63, 3.8) is 0 Å². The van der Waals surface area contributed by atoms with Gasteiger partial charge in [0, 0.05) is 45.4 Å². The van der Waals surface area contributed by atoms with E-state index >= 15 is 0 Å². The summed E-state index contributed by atoms with van der Waals surface area (Å²) in [7, 11) is 1.69. The predicted molar refractivity (Wildman–Crippen MR) is 248 cm³/mol. The van der Waals surface area contributed by atoms with E-state index in [0.29, 0.717) is 43.7 Å². The molecule has 0 unspecified atom stereocenters. The standard InChI is InChI=1S/C50H61N9O8/c1-56-41-27-32(16-19-38(41)59(50(56)67)40-21-23-43(61)54-48(40)65)26-30-12-14-31(15-13-30)28-44(62)57-25-24-35-17-20-39(58(35)49(66)36(51)29-57)47(64)53-37(18-22-42(52)60)46(63)55-45(33-8-4-2-5-9-33)34-10-6-3-7-11-34/h2-11,16,19,27,30-31,35-37,39-40,45H,12-15,17-18,20-26,28-29,51H2,1H3,(H2,52,60)(H,53,64)(H,55,63)(H,54,61,65)/t30?,31?,35-,36+,37+,39+,40-/m1/s1. The molecule has 0 bridgehead atoms. The number of imidazole rings is 1. The first-order valence-electron chi connectivity index (χ1n) is 23.6. The highest BCUT2D eigenvalue weighted by atomic mass is 16.2. The maximum Gasteiger partial charge on any atom is 0.329 e. The van der Waals surface area contributed by atoms with Gasteiger partial charge < -0.3 is 31.9 Å². The molecule has 3 aromatic carbocycles. The fourth-order valence-corrected chi connectivity index (χ4v) is 10.7. The highest BCUT2D eigenvalue weighted by Crippen LogP contribution is 2.35. The van der Waals surface area contributed by atoms with Crippen LogP contribution in [0.3, 0.4) is 0 Å². The Morgan fingerprint density at radius 3 is 2.12 bits per heavy atom. The topological polar surface area (TPSA) is 241 Å². The molecule has 0 radical (unpaired) electrons. The number of carbonyl (C=O) groups excluding carboxylic acids is 7. The summed E-state index contributed by atoms with van der Waals surface area (Å²) >= 11 is 0. The first-order chi connectivity index (χ1) is 32.2. The van der Waals surface area contributed by atoms with Gasteiger partial charge in [0.25, 0.3) is 0 Å². The maximum absolute atomic E-state index is 14.1. The summed E-state index contributed by atoms with van der Waals surface area (Å²) in [5, 5.41) is 8.27. The van der Waals surface area contributed by atoms with Crippen molar-refractivity contribution in [2.75, 3.05) is 13.1 Å². The molecule has 17 heteroatoms. The van der Waals surface area contributed by atoms with E-state index in [-0.39, 0.29) is 61.7 Å². The summed E-state index contributed by atoms with van der Waals surface area (Å²) in [5.74, 6) is -2.27. The largest absolute Gasteiger partial charge is 0.370 e. The highest BCUT2D eigenvalue weighted by molar-refractivity contribution is 6.00. The lowest BCUT2D eigenvalue weighted by atomic mass is 9.78. The average molecular weight is 916 g/mol. The Bertz CT molecular complexity index is 2530. The monoisotopic (exact) mass is 915 g/mol. The zero-order valence-electron chi connectivity index (χ0n) is 37.9. The summed E-state index contributed by atoms with van der Waals surface area (Å²) < 4.78 is 3.04. The number of nitrogens with zero attached hydrogens (tertiary/aromatic N) is 4. The van der Waals surface area contributed by atoms with E-state index in [1.165, 1.54) is 4.57 Å². The molecule has 3 aliphatic heterocycles. The Morgan fingerprint density at radius 1 is 0.791 bits per heavy atom. The van der Waals surface area contributed by atoms with E-state index < -0.39 is 59.7 Å². The second-order valence-electron chi connectivity index (χ2n) is 18.9. The third kappa shape index (κ3) is 10.5. The summed E-state index contributed by atoms with van der Waals surface area (Å²) in [5.41, 5.74) is 15.9. The number of aromatic nitrogens is 2. The van der Waals surface area contributed by atoms with Crippen LogP contribution >= 0.6 is 0 Å². The molecule has 4 fully saturated rings. The minimum absolute atomic E-state index is 0.0319. The summed E-state index contributed by atoms with van der Waals surface area (Å²) in [6.07, 6.45) is 6.47. The lowest BCUT2D eigenvalue weighted by Crippen LogP contribution is -2.60. The molecule has 4 aliphatic rings. The van der Waals surface area contributed by atoms with Gasteiger partial charge in [-0.1, -0.05) is 66.7 Å². The van der Waals surface area contributed by atoms with Crippen molar-refractivity contribution in [1.29, 1.82) is 0 Å². The van der Waals surface area contributed by atoms with E-state index in [4.69, 9.17) is 11.5 Å². The minimum Gasteiger partial charge on any atom is -0.370 e. The van der Waals surface area contributed by atoms with Crippen LogP contribution in [0.2, 0.25) is 0 Å². The number of nitrogens with two attached hydrogens (primary N) is 2. The zero-order valence-corrected chi connectivity index (χ0v) is 37.9. The van der Waals surface area contributed by atoms with Crippen LogP contribution in [0.5, 0.6) is 0 Å². The number of imide groups is 1. The molecule has 8 rings (SSSR count). The molecule has 7 N–H and O–H groups in total. The van der Waals surface area contributed by atoms with E-state index in [9.17, 15) is 38.4 Å². The van der Waals surface area contributed by atoms with Gasteiger partial charge in [-0.3, -0.25) is 48.0 Å². The number of hydrogen-bond acceptors (Lipinski definition) is 9. The van der Waals surface area contributed by atoms with Gasteiger partial charge in [-0.25, -0.2) is 4.79 Å². The smallest absolute Gasteiger partial charge is 0.329 e. The van der Waals surface area contributed by atoms with Crippen LogP contribution in [0, 0.1) is 11.8 Å². The molecule has 7 amide bonds. The first-order valence-corrected chi connectivity index (χ1v) is 23.6. The molecular formula is C50H61N9O8. The number of amides is 7. The van der Waals surface area contributed by atoms with Crippen molar-refractivity contribution in [1.82, 2.24) is 34.9 Å². The van der Waals surface area contributed by atoms with Gasteiger partial charge in [-0.15, -0.1) is 0 Å². The quantitative estimate of drug-likeness (QED) is 0.117. The van der Waals surface area contributed by atoms with Crippen molar-refractivity contribution in [2.45, 2.75) is 120 Å². The Balaban J connectivity index is 0.847. The molecule has 4 heterocycles. The molecule has 1 saturated carbocycles. The second-order valence-corrected chi connectivity index (χ2v) is 18.9. The van der Waals surface area contributed by atoms with Crippen molar-refractivity contribution < 1.29 is 33.6 Å². The van der Waals surface area contributed by atoms with Crippen LogP contribution < -0.4 is 33.1 Å². The number of nitrogens with one attached hydrogen (secondary N) is 3. The van der Waals surface area contributed by atoms with Crippen LogP contribution in [-0.2, 0) is 47.0 Å². The van der Waals surface area contributed by atoms with Crippen LogP contribution in [0.1, 0.15) is 106 Å². The number of piperidine rings is 1. The van der Waals surface area contributed by atoms with E-state index in [2.05, 4.69) is 16.0 Å². The molecule has 1 aliphatic carbocycles. The zero-order chi connectivity index (χ0) is 47.4. The van der Waals surface area contributed by atoms with E-state index in [1.54, 1.807) is 21.4 Å². The van der Waals surface area contributed by atoms with E-state index in [1.807, 2.05) is 78.9 Å². The van der Waals surface area contributed by atoms with Gasteiger partial charge in [-0.2, -0.15) is 0 Å². The summed E-state index contributed by atoms with van der Waals surface area (Å²) in [6.45, 7) is 0.426. The van der Waals surface area contributed by atoms with Crippen molar-refractivity contribution in [3.8, 4) is 0 Å². The second kappa shape index (κ2) is 20.5. The lowest BCUT2D eigenvalue weighted by molar-refractivity contribution is -0.145. The van der Waals surface area contributed by atoms with Gasteiger partial charge in [0.2, 0.25) is 41.4 Å². The maximum atomic E-state index is 14.1. The van der Waals surface area contributed by atoms with Gasteiger partial charge in [0.1, 0.15) is 24.2 Å². The number of carbonyl (C=O) groups is 7. The van der Waals surface area contributed by atoms with Gasteiger partial charge in [0.15, 0.2) is 0 Å². The Morgan fingerprint density at radius 2 is 1.46 bits per heavy atom. The number of aryl methyl sites for hydroxylation is 1. The normalized spacial score (nSPS) is 23.8. The number of benzene rings is 3. The average Bonchev–Trinajstić information content (AvgIpc) is 3.85.